The lowest BCUT2D eigenvalue weighted by atomic mass is 10.1. The molecule has 0 aliphatic rings. The summed E-state index contributed by atoms with van der Waals surface area (Å²) in [6.45, 7) is 4.16. The number of nitrogens with one attached hydrogen (secondary N) is 1. The van der Waals surface area contributed by atoms with Crippen LogP contribution in [0, 0.1) is 6.92 Å². The van der Waals surface area contributed by atoms with Crippen molar-refractivity contribution in [3.05, 3.63) is 46.5 Å². The normalized spacial score (nSPS) is 11.0. The number of hydrogen-bond donors (Lipinski definition) is 1. The molecule has 18 heavy (non-hydrogen) atoms. The van der Waals surface area contributed by atoms with Crippen LogP contribution in [0.5, 0.6) is 0 Å². The van der Waals surface area contributed by atoms with Crippen LogP contribution in [0.25, 0.3) is 0 Å². The zero-order valence-corrected chi connectivity index (χ0v) is 11.5. The molecule has 0 bridgehead atoms. The molecule has 1 heterocycles. The van der Waals surface area contributed by atoms with Gasteiger partial charge in [0.2, 0.25) is 5.13 Å². The van der Waals surface area contributed by atoms with E-state index < -0.39 is 0 Å². The molecule has 0 amide bonds. The fourth-order valence-corrected chi connectivity index (χ4v) is 2.26. The zero-order chi connectivity index (χ0) is 12.8. The molecule has 0 saturated heterocycles. The van der Waals surface area contributed by atoms with E-state index in [1.54, 1.807) is 11.3 Å². The minimum atomic E-state index is 0.825. The molecular formula is C14H17N3S. The van der Waals surface area contributed by atoms with Crippen molar-refractivity contribution < 1.29 is 0 Å². The van der Waals surface area contributed by atoms with E-state index in [0.29, 0.717) is 0 Å². The maximum absolute atomic E-state index is 4.27. The van der Waals surface area contributed by atoms with Gasteiger partial charge in [0.1, 0.15) is 0 Å². The fourth-order valence-electron chi connectivity index (χ4n) is 1.63. The largest absolute Gasteiger partial charge is 0.253 e. The average molecular weight is 259 g/mol. The Labute approximate surface area is 112 Å². The summed E-state index contributed by atoms with van der Waals surface area (Å²) in [5.41, 5.74) is 6.41. The van der Waals surface area contributed by atoms with E-state index in [1.807, 2.05) is 18.5 Å². The van der Waals surface area contributed by atoms with Crippen molar-refractivity contribution >= 4 is 22.7 Å². The van der Waals surface area contributed by atoms with Crippen LogP contribution in [0.2, 0.25) is 0 Å². The highest BCUT2D eigenvalue weighted by Crippen LogP contribution is 2.14. The predicted molar refractivity (Wildman–Crippen MR) is 78.5 cm³/mol. The lowest BCUT2D eigenvalue weighted by Crippen LogP contribution is -1.90. The van der Waals surface area contributed by atoms with E-state index in [2.05, 4.69) is 46.7 Å². The molecule has 0 saturated carbocycles. The van der Waals surface area contributed by atoms with Gasteiger partial charge >= 0.3 is 0 Å². The summed E-state index contributed by atoms with van der Waals surface area (Å²) in [5, 5.41) is 7.00. The molecule has 4 heteroatoms. The average Bonchev–Trinajstić information content (AvgIpc) is 2.78. The number of rotatable bonds is 5. The molecule has 0 spiro atoms. The van der Waals surface area contributed by atoms with E-state index in [0.717, 1.165) is 22.8 Å². The van der Waals surface area contributed by atoms with Crippen LogP contribution in [-0.2, 0) is 6.42 Å². The number of aryl methyl sites for hydroxylation is 2. The minimum Gasteiger partial charge on any atom is -0.253 e. The van der Waals surface area contributed by atoms with Crippen LogP contribution in [0.4, 0.5) is 5.13 Å². The van der Waals surface area contributed by atoms with Crippen molar-refractivity contribution in [3.63, 3.8) is 0 Å². The van der Waals surface area contributed by atoms with Gasteiger partial charge in [0.25, 0.3) is 0 Å². The van der Waals surface area contributed by atoms with E-state index in [4.69, 9.17) is 0 Å². The van der Waals surface area contributed by atoms with Gasteiger partial charge in [-0.3, -0.25) is 5.43 Å². The Morgan fingerprint density at radius 2 is 2.11 bits per heavy atom. The van der Waals surface area contributed by atoms with Crippen molar-refractivity contribution in [3.8, 4) is 0 Å². The van der Waals surface area contributed by atoms with Crippen molar-refractivity contribution in [1.29, 1.82) is 0 Å². The van der Waals surface area contributed by atoms with Gasteiger partial charge in [-0.15, -0.1) is 11.3 Å². The second kappa shape index (κ2) is 6.31. The van der Waals surface area contributed by atoms with E-state index in [9.17, 15) is 0 Å². The third-order valence-corrected chi connectivity index (χ3v) is 3.38. The molecule has 2 aromatic rings. The van der Waals surface area contributed by atoms with Crippen molar-refractivity contribution in [2.45, 2.75) is 26.7 Å². The Morgan fingerprint density at radius 3 is 2.72 bits per heavy atom. The van der Waals surface area contributed by atoms with Crippen LogP contribution in [-0.4, -0.2) is 11.2 Å². The topological polar surface area (TPSA) is 37.3 Å². The molecule has 94 valence electrons. The first kappa shape index (κ1) is 12.8. The predicted octanol–water partition coefficient (Wildman–Crippen LogP) is 3.85. The van der Waals surface area contributed by atoms with Crippen molar-refractivity contribution in [2.75, 3.05) is 5.43 Å². The van der Waals surface area contributed by atoms with Gasteiger partial charge in [-0.25, -0.2) is 4.98 Å². The summed E-state index contributed by atoms with van der Waals surface area (Å²) in [4.78, 5) is 4.27. The number of thiazole rings is 1. The van der Waals surface area contributed by atoms with E-state index >= 15 is 0 Å². The van der Waals surface area contributed by atoms with Gasteiger partial charge in [-0.05, 0) is 24.5 Å². The van der Waals surface area contributed by atoms with Crippen molar-refractivity contribution in [2.24, 2.45) is 5.10 Å². The molecule has 1 aromatic heterocycles. The Hall–Kier alpha value is -1.68. The first-order valence-corrected chi connectivity index (χ1v) is 6.96. The van der Waals surface area contributed by atoms with E-state index in [1.165, 1.54) is 12.0 Å². The van der Waals surface area contributed by atoms with Gasteiger partial charge < -0.3 is 0 Å². The van der Waals surface area contributed by atoms with Gasteiger partial charge in [-0.1, -0.05) is 37.6 Å². The Kier molecular flexibility index (Phi) is 4.47. The number of hydrogen-bond acceptors (Lipinski definition) is 4. The third kappa shape index (κ3) is 3.67. The summed E-state index contributed by atoms with van der Waals surface area (Å²) < 4.78 is 0. The number of benzene rings is 1. The smallest absolute Gasteiger partial charge is 0.203 e. The van der Waals surface area contributed by atoms with Crippen LogP contribution >= 0.6 is 11.3 Å². The summed E-state index contributed by atoms with van der Waals surface area (Å²) in [6, 6.07) is 8.48. The zero-order valence-electron chi connectivity index (χ0n) is 10.7. The molecule has 3 nitrogen and oxygen atoms in total. The van der Waals surface area contributed by atoms with Crippen LogP contribution in [0.1, 0.15) is 30.2 Å². The molecular weight excluding hydrogens is 242 g/mol. The van der Waals surface area contributed by atoms with Crippen LogP contribution in [0.3, 0.4) is 0 Å². The summed E-state index contributed by atoms with van der Waals surface area (Å²) >= 11 is 1.56. The number of hydrazone groups is 1. The highest BCUT2D eigenvalue weighted by molar-refractivity contribution is 7.13. The van der Waals surface area contributed by atoms with Gasteiger partial charge in [-0.2, -0.15) is 5.10 Å². The second-order valence-corrected chi connectivity index (χ2v) is 5.01. The van der Waals surface area contributed by atoms with Crippen molar-refractivity contribution in [1.82, 2.24) is 4.98 Å². The lowest BCUT2D eigenvalue weighted by molar-refractivity contribution is 0.922. The molecule has 2 rings (SSSR count). The summed E-state index contributed by atoms with van der Waals surface area (Å²) in [7, 11) is 0. The SMILES string of the molecule is CCCc1ccc(C=NNc2nc(C)cs2)cc1. The standard InChI is InChI=1S/C14H17N3S/c1-3-4-12-5-7-13(8-6-12)9-15-17-14-16-11(2)10-18-14/h5-10H,3-4H2,1-2H3,(H,16,17). The second-order valence-electron chi connectivity index (χ2n) is 4.16. The Morgan fingerprint density at radius 1 is 1.33 bits per heavy atom. The van der Waals surface area contributed by atoms with Gasteiger partial charge in [0, 0.05) is 5.38 Å². The van der Waals surface area contributed by atoms with E-state index in [-0.39, 0.29) is 0 Å². The monoisotopic (exact) mass is 259 g/mol. The molecule has 0 aliphatic heterocycles. The highest BCUT2D eigenvalue weighted by atomic mass is 32.1. The number of nitrogens with zero attached hydrogens (tertiary/aromatic N) is 2. The molecule has 1 N–H and O–H groups in total. The molecule has 1 aromatic carbocycles. The number of anilines is 1. The molecule has 0 atom stereocenters. The summed E-state index contributed by atoms with van der Waals surface area (Å²) in [5.74, 6) is 0. The first-order valence-electron chi connectivity index (χ1n) is 6.08. The van der Waals surface area contributed by atoms with Gasteiger partial charge in [0.15, 0.2) is 0 Å². The van der Waals surface area contributed by atoms with Crippen LogP contribution < -0.4 is 5.43 Å². The first-order chi connectivity index (χ1) is 8.78. The highest BCUT2D eigenvalue weighted by Gasteiger charge is 1.95. The van der Waals surface area contributed by atoms with Gasteiger partial charge in [0.05, 0.1) is 11.9 Å². The third-order valence-electron chi connectivity index (χ3n) is 2.51. The molecule has 0 aliphatic carbocycles. The Bertz CT molecular complexity index is 514. The molecule has 0 unspecified atom stereocenters. The Balaban J connectivity index is 1.92. The maximum atomic E-state index is 4.27. The number of aromatic nitrogens is 1. The molecule has 0 radical (unpaired) electrons. The minimum absolute atomic E-state index is 0.825. The lowest BCUT2D eigenvalue weighted by Gasteiger charge is -1.98. The maximum Gasteiger partial charge on any atom is 0.203 e. The summed E-state index contributed by atoms with van der Waals surface area (Å²) in [6.07, 6.45) is 4.12. The molecule has 0 fully saturated rings. The fraction of sp³-hybridized carbons (Fsp3) is 0.286. The quantitative estimate of drug-likeness (QED) is 0.654. The van der Waals surface area contributed by atoms with Crippen LogP contribution in [0.15, 0.2) is 34.7 Å².